The van der Waals surface area contributed by atoms with Crippen LogP contribution < -0.4 is 19.5 Å². The van der Waals surface area contributed by atoms with Gasteiger partial charge < -0.3 is 18.6 Å². The summed E-state index contributed by atoms with van der Waals surface area (Å²) in [6.45, 7) is 0.850. The molecule has 8 heteroatoms. The van der Waals surface area contributed by atoms with Crippen LogP contribution in [-0.2, 0) is 4.79 Å². The molecule has 0 saturated heterocycles. The Labute approximate surface area is 148 Å². The predicted octanol–water partition coefficient (Wildman–Crippen LogP) is 2.53. The first kappa shape index (κ1) is 15.9. The molecule has 26 heavy (non-hydrogen) atoms. The Balaban J connectivity index is 1.39. The molecule has 0 radical (unpaired) electrons. The highest BCUT2D eigenvalue weighted by Gasteiger charge is 2.16. The monoisotopic (exact) mass is 353 g/mol. The molecule has 1 aliphatic rings. The van der Waals surface area contributed by atoms with Gasteiger partial charge in [-0.25, -0.2) is 0 Å². The number of benzene rings is 2. The van der Waals surface area contributed by atoms with E-state index in [4.69, 9.17) is 18.6 Å². The second-order valence-electron chi connectivity index (χ2n) is 5.42. The van der Waals surface area contributed by atoms with Crippen molar-refractivity contribution in [3.8, 4) is 28.7 Å². The van der Waals surface area contributed by atoms with Crippen molar-refractivity contribution in [2.75, 3.05) is 25.1 Å². The molecular formula is C18H15N3O5. The lowest BCUT2D eigenvalue weighted by Gasteiger charge is -2.18. The minimum absolute atomic E-state index is 0.00319. The largest absolute Gasteiger partial charge is 0.486 e. The number of para-hydroxylation sites is 1. The Morgan fingerprint density at radius 2 is 1.85 bits per heavy atom. The molecule has 8 nitrogen and oxygen atoms in total. The fourth-order valence-electron chi connectivity index (χ4n) is 2.39. The van der Waals surface area contributed by atoms with Crippen LogP contribution in [0.15, 0.2) is 52.9 Å². The Morgan fingerprint density at radius 1 is 1.04 bits per heavy atom. The molecule has 0 aliphatic carbocycles. The smallest absolute Gasteiger partial charge is 0.322 e. The van der Waals surface area contributed by atoms with E-state index in [1.165, 1.54) is 0 Å². The van der Waals surface area contributed by atoms with Gasteiger partial charge in [0.25, 0.3) is 5.91 Å². The fraction of sp³-hybridized carbons (Fsp3) is 0.167. The van der Waals surface area contributed by atoms with Gasteiger partial charge in [0.2, 0.25) is 5.89 Å². The number of hydrogen-bond acceptors (Lipinski definition) is 7. The zero-order valence-electron chi connectivity index (χ0n) is 13.7. The molecule has 0 spiro atoms. The lowest BCUT2D eigenvalue weighted by atomic mass is 10.2. The van der Waals surface area contributed by atoms with Crippen molar-refractivity contribution in [3.63, 3.8) is 0 Å². The Bertz CT molecular complexity index is 910. The summed E-state index contributed by atoms with van der Waals surface area (Å²) in [5, 5.41) is 10.3. The Morgan fingerprint density at radius 3 is 2.69 bits per heavy atom. The number of nitrogens with zero attached hydrogens (tertiary/aromatic N) is 2. The number of hydrogen-bond donors (Lipinski definition) is 1. The van der Waals surface area contributed by atoms with Gasteiger partial charge in [0, 0.05) is 5.56 Å². The van der Waals surface area contributed by atoms with Gasteiger partial charge in [0.1, 0.15) is 19.0 Å². The minimum atomic E-state index is -0.397. The summed E-state index contributed by atoms with van der Waals surface area (Å²) < 4.78 is 21.8. The summed E-state index contributed by atoms with van der Waals surface area (Å²) in [5.41, 5.74) is 0.669. The molecule has 4 rings (SSSR count). The second-order valence-corrected chi connectivity index (χ2v) is 5.42. The molecule has 1 N–H and O–H groups in total. The summed E-state index contributed by atoms with van der Waals surface area (Å²) in [4.78, 5) is 11.9. The van der Waals surface area contributed by atoms with Gasteiger partial charge in [-0.2, -0.15) is 0 Å². The van der Waals surface area contributed by atoms with Crippen LogP contribution in [0.3, 0.4) is 0 Å². The Hall–Kier alpha value is -3.55. The molecule has 1 aliphatic heterocycles. The average molecular weight is 353 g/mol. The van der Waals surface area contributed by atoms with Gasteiger partial charge in [0.15, 0.2) is 18.1 Å². The molecule has 0 atom stereocenters. The van der Waals surface area contributed by atoms with Gasteiger partial charge in [-0.1, -0.05) is 23.3 Å². The summed E-state index contributed by atoms with van der Waals surface area (Å²) in [6, 6.07) is 14.4. The number of ether oxygens (including phenoxy) is 3. The summed E-state index contributed by atoms with van der Waals surface area (Å²) in [6.07, 6.45) is 0. The van der Waals surface area contributed by atoms with Crippen LogP contribution in [0.5, 0.6) is 17.2 Å². The topological polar surface area (TPSA) is 95.7 Å². The maximum Gasteiger partial charge on any atom is 0.322 e. The predicted molar refractivity (Wildman–Crippen MR) is 91.3 cm³/mol. The number of anilines is 1. The summed E-state index contributed by atoms with van der Waals surface area (Å²) in [7, 11) is 0. The van der Waals surface area contributed by atoms with Crippen LogP contribution >= 0.6 is 0 Å². The number of nitrogens with one attached hydrogen (secondary N) is 1. The van der Waals surface area contributed by atoms with Crippen molar-refractivity contribution in [2.45, 2.75) is 0 Å². The number of aromatic nitrogens is 2. The van der Waals surface area contributed by atoms with Crippen LogP contribution in [0.2, 0.25) is 0 Å². The van der Waals surface area contributed by atoms with Crippen molar-refractivity contribution < 1.29 is 23.4 Å². The maximum absolute atomic E-state index is 11.9. The van der Waals surface area contributed by atoms with E-state index in [1.54, 1.807) is 30.3 Å². The van der Waals surface area contributed by atoms with Crippen molar-refractivity contribution in [1.82, 2.24) is 10.2 Å². The van der Waals surface area contributed by atoms with Crippen molar-refractivity contribution in [3.05, 3.63) is 48.5 Å². The number of rotatable bonds is 5. The Kier molecular flexibility index (Phi) is 4.38. The van der Waals surface area contributed by atoms with Gasteiger partial charge >= 0.3 is 6.01 Å². The first-order valence-electron chi connectivity index (χ1n) is 7.99. The van der Waals surface area contributed by atoms with E-state index in [0.29, 0.717) is 36.0 Å². The quantitative estimate of drug-likeness (QED) is 0.753. The SMILES string of the molecule is O=C(COc1ccccc1)Nc1nnc(-c2ccc3c(c2)OCCO3)o1. The third-order valence-corrected chi connectivity index (χ3v) is 3.57. The van der Waals surface area contributed by atoms with Crippen LogP contribution in [0.1, 0.15) is 0 Å². The molecule has 0 saturated carbocycles. The molecule has 0 fully saturated rings. The third-order valence-electron chi connectivity index (χ3n) is 3.57. The standard InChI is InChI=1S/C18H15N3O5/c22-16(11-25-13-4-2-1-3-5-13)19-18-21-20-17(26-18)12-6-7-14-15(10-12)24-9-8-23-14/h1-7,10H,8-9,11H2,(H,19,21,22). The van der Waals surface area contributed by atoms with Gasteiger partial charge in [-0.05, 0) is 30.3 Å². The lowest BCUT2D eigenvalue weighted by molar-refractivity contribution is -0.118. The molecule has 3 aromatic rings. The van der Waals surface area contributed by atoms with E-state index in [9.17, 15) is 4.79 Å². The molecule has 2 heterocycles. The molecular weight excluding hydrogens is 338 g/mol. The lowest BCUT2D eigenvalue weighted by Crippen LogP contribution is -2.20. The van der Waals surface area contributed by atoms with Gasteiger partial charge in [-0.3, -0.25) is 10.1 Å². The molecule has 2 aromatic carbocycles. The zero-order valence-corrected chi connectivity index (χ0v) is 13.7. The summed E-state index contributed by atoms with van der Waals surface area (Å²) >= 11 is 0. The number of carbonyl (C=O) groups is 1. The molecule has 0 bridgehead atoms. The minimum Gasteiger partial charge on any atom is -0.486 e. The van der Waals surface area contributed by atoms with E-state index in [0.717, 1.165) is 0 Å². The van der Waals surface area contributed by atoms with E-state index in [2.05, 4.69) is 15.5 Å². The van der Waals surface area contributed by atoms with E-state index < -0.39 is 5.91 Å². The molecule has 1 amide bonds. The highest BCUT2D eigenvalue weighted by atomic mass is 16.6. The van der Waals surface area contributed by atoms with Crippen molar-refractivity contribution in [2.24, 2.45) is 0 Å². The third kappa shape index (κ3) is 3.59. The fourth-order valence-corrected chi connectivity index (χ4v) is 2.39. The first-order valence-corrected chi connectivity index (χ1v) is 7.99. The van der Waals surface area contributed by atoms with Crippen LogP contribution in [0.4, 0.5) is 6.01 Å². The molecule has 1 aromatic heterocycles. The number of amides is 1. The normalized spacial score (nSPS) is 12.5. The van der Waals surface area contributed by atoms with Crippen molar-refractivity contribution >= 4 is 11.9 Å². The van der Waals surface area contributed by atoms with E-state index in [-0.39, 0.29) is 18.5 Å². The van der Waals surface area contributed by atoms with E-state index in [1.807, 2.05) is 18.2 Å². The van der Waals surface area contributed by atoms with Crippen LogP contribution in [0, 0.1) is 0 Å². The maximum atomic E-state index is 11.9. The van der Waals surface area contributed by atoms with Gasteiger partial charge in [-0.15, -0.1) is 5.10 Å². The van der Waals surface area contributed by atoms with Gasteiger partial charge in [0.05, 0.1) is 0 Å². The second kappa shape index (κ2) is 7.14. The first-order chi connectivity index (χ1) is 12.8. The van der Waals surface area contributed by atoms with Crippen LogP contribution in [-0.4, -0.2) is 35.9 Å². The van der Waals surface area contributed by atoms with Crippen LogP contribution in [0.25, 0.3) is 11.5 Å². The highest BCUT2D eigenvalue weighted by molar-refractivity contribution is 5.89. The van der Waals surface area contributed by atoms with E-state index >= 15 is 0 Å². The van der Waals surface area contributed by atoms with Crippen molar-refractivity contribution in [1.29, 1.82) is 0 Å². The highest BCUT2D eigenvalue weighted by Crippen LogP contribution is 2.34. The molecule has 132 valence electrons. The zero-order chi connectivity index (χ0) is 17.8. The number of fused-ring (bicyclic) bond motifs is 1. The number of carbonyl (C=O) groups excluding carboxylic acids is 1. The molecule has 0 unspecified atom stereocenters. The summed E-state index contributed by atoms with van der Waals surface area (Å²) in [5.74, 6) is 1.76. The average Bonchev–Trinajstić information content (AvgIpc) is 3.15.